The summed E-state index contributed by atoms with van der Waals surface area (Å²) >= 11 is 0. The van der Waals surface area contributed by atoms with E-state index in [1.54, 1.807) is 0 Å². The highest BCUT2D eigenvalue weighted by Crippen LogP contribution is 2.25. The van der Waals surface area contributed by atoms with E-state index in [-0.39, 0.29) is 0 Å². The van der Waals surface area contributed by atoms with E-state index in [1.807, 2.05) is 7.05 Å². The Morgan fingerprint density at radius 3 is 2.58 bits per heavy atom. The van der Waals surface area contributed by atoms with E-state index in [0.29, 0.717) is 12.1 Å². The molecule has 3 N–H and O–H groups in total. The molecule has 1 heterocycles. The van der Waals surface area contributed by atoms with Crippen molar-refractivity contribution in [2.45, 2.75) is 58.0 Å². The largest absolute Gasteiger partial charge is 0.388 e. The summed E-state index contributed by atoms with van der Waals surface area (Å²) in [6.07, 6.45) is 8.85. The fraction of sp³-hybridized carbons (Fsp3) is 0.625. The molecule has 1 fully saturated rings. The smallest absolute Gasteiger partial charge is 0.109 e. The first-order chi connectivity index (χ1) is 9.11. The van der Waals surface area contributed by atoms with E-state index < -0.39 is 0 Å². The van der Waals surface area contributed by atoms with Gasteiger partial charge in [-0.1, -0.05) is 25.8 Å². The average Bonchev–Trinajstić information content (AvgIpc) is 2.38. The Labute approximate surface area is 117 Å². The van der Waals surface area contributed by atoms with Gasteiger partial charge in [-0.15, -0.1) is 0 Å². The van der Waals surface area contributed by atoms with Gasteiger partial charge in [0.2, 0.25) is 0 Å². The monoisotopic (exact) mass is 261 g/mol. The van der Waals surface area contributed by atoms with Crippen molar-refractivity contribution in [3.63, 3.8) is 0 Å². The van der Waals surface area contributed by atoms with Crippen LogP contribution in [0.2, 0.25) is 0 Å². The first-order valence-electron chi connectivity index (χ1n) is 7.45. The van der Waals surface area contributed by atoms with E-state index in [9.17, 15) is 0 Å². The van der Waals surface area contributed by atoms with Gasteiger partial charge >= 0.3 is 0 Å². The molecule has 1 aliphatic carbocycles. The van der Waals surface area contributed by atoms with Crippen LogP contribution >= 0.6 is 0 Å². The Hall–Kier alpha value is -1.38. The highest BCUT2D eigenvalue weighted by Gasteiger charge is 2.22. The van der Waals surface area contributed by atoms with Crippen molar-refractivity contribution < 1.29 is 0 Å². The molecular formula is C16H27N3. The van der Waals surface area contributed by atoms with Crippen LogP contribution in [-0.4, -0.2) is 19.1 Å². The minimum Gasteiger partial charge on any atom is -0.388 e. The third-order valence-electron chi connectivity index (χ3n) is 3.96. The van der Waals surface area contributed by atoms with Gasteiger partial charge in [-0.25, -0.2) is 0 Å². The fourth-order valence-corrected chi connectivity index (χ4v) is 3.03. The number of dihydropyridines is 1. The van der Waals surface area contributed by atoms with E-state index in [0.717, 1.165) is 11.4 Å². The minimum atomic E-state index is 0.344. The van der Waals surface area contributed by atoms with Crippen molar-refractivity contribution >= 4 is 0 Å². The molecule has 2 aliphatic rings. The molecule has 1 aliphatic heterocycles. The van der Waals surface area contributed by atoms with Gasteiger partial charge < -0.3 is 16.0 Å². The summed E-state index contributed by atoms with van der Waals surface area (Å²) in [6.45, 7) is 8.37. The zero-order valence-electron chi connectivity index (χ0n) is 12.5. The number of rotatable bonds is 4. The Kier molecular flexibility index (Phi) is 4.56. The molecule has 3 nitrogen and oxygen atoms in total. The number of hydrogen-bond donors (Lipinski definition) is 3. The predicted octanol–water partition coefficient (Wildman–Crippen LogP) is 2.79. The second-order valence-corrected chi connectivity index (χ2v) is 5.77. The highest BCUT2D eigenvalue weighted by atomic mass is 15.1. The van der Waals surface area contributed by atoms with Crippen LogP contribution in [0.15, 0.2) is 35.3 Å². The van der Waals surface area contributed by atoms with Gasteiger partial charge in [0.25, 0.3) is 0 Å². The molecule has 0 aromatic carbocycles. The standard InChI is InChI=1S/C16H27N3/c1-11(2)15-14(17-4)10-12(3)18-16(15)19-13-8-6-5-7-9-13/h10,12-13,17-19H,1,5-9H2,2-4H3/t12-/m0/s1. The molecule has 1 atom stereocenters. The minimum absolute atomic E-state index is 0.344. The van der Waals surface area contributed by atoms with Gasteiger partial charge in [0, 0.05) is 30.4 Å². The van der Waals surface area contributed by atoms with Gasteiger partial charge in [-0.05, 0) is 38.3 Å². The van der Waals surface area contributed by atoms with Crippen molar-refractivity contribution in [1.29, 1.82) is 0 Å². The summed E-state index contributed by atoms with van der Waals surface area (Å²) < 4.78 is 0. The molecule has 0 amide bonds. The lowest BCUT2D eigenvalue weighted by molar-refractivity contribution is 0.384. The molecule has 106 valence electrons. The summed E-state index contributed by atoms with van der Waals surface area (Å²) in [4.78, 5) is 0. The third-order valence-corrected chi connectivity index (χ3v) is 3.96. The SMILES string of the molecule is C=C(C)C1=C(NC2CCCCC2)N[C@@H](C)C=C1NC. The van der Waals surface area contributed by atoms with Crippen molar-refractivity contribution in [3.05, 3.63) is 35.3 Å². The van der Waals surface area contributed by atoms with Crippen molar-refractivity contribution in [2.24, 2.45) is 0 Å². The molecule has 0 spiro atoms. The molecule has 0 bridgehead atoms. The van der Waals surface area contributed by atoms with Crippen LogP contribution in [-0.2, 0) is 0 Å². The summed E-state index contributed by atoms with van der Waals surface area (Å²) in [5.74, 6) is 1.15. The Bertz CT molecular complexity index is 400. The normalized spacial score (nSPS) is 24.6. The van der Waals surface area contributed by atoms with E-state index in [4.69, 9.17) is 0 Å². The molecule has 1 saturated carbocycles. The van der Waals surface area contributed by atoms with Crippen LogP contribution in [0.4, 0.5) is 0 Å². The molecule has 0 unspecified atom stereocenters. The van der Waals surface area contributed by atoms with E-state index in [1.165, 1.54) is 43.4 Å². The van der Waals surface area contributed by atoms with Crippen molar-refractivity contribution in [2.75, 3.05) is 7.05 Å². The lowest BCUT2D eigenvalue weighted by Gasteiger charge is -2.32. The predicted molar refractivity (Wildman–Crippen MR) is 81.6 cm³/mol. The van der Waals surface area contributed by atoms with Gasteiger partial charge in [0.15, 0.2) is 0 Å². The molecular weight excluding hydrogens is 234 g/mol. The number of allylic oxidation sites excluding steroid dienone is 1. The van der Waals surface area contributed by atoms with Crippen LogP contribution < -0.4 is 16.0 Å². The second-order valence-electron chi connectivity index (χ2n) is 5.77. The Morgan fingerprint density at radius 1 is 1.32 bits per heavy atom. The number of hydrogen-bond acceptors (Lipinski definition) is 3. The van der Waals surface area contributed by atoms with Crippen LogP contribution in [0.3, 0.4) is 0 Å². The van der Waals surface area contributed by atoms with Gasteiger partial charge in [-0.2, -0.15) is 0 Å². The number of nitrogens with one attached hydrogen (secondary N) is 3. The first kappa shape index (κ1) is 14.0. The van der Waals surface area contributed by atoms with E-state index >= 15 is 0 Å². The maximum absolute atomic E-state index is 4.13. The lowest BCUT2D eigenvalue weighted by atomic mass is 9.94. The van der Waals surface area contributed by atoms with Crippen LogP contribution in [0.5, 0.6) is 0 Å². The van der Waals surface area contributed by atoms with Crippen LogP contribution in [0, 0.1) is 0 Å². The Balaban J connectivity index is 2.21. The maximum Gasteiger partial charge on any atom is 0.109 e. The zero-order chi connectivity index (χ0) is 13.8. The van der Waals surface area contributed by atoms with E-state index in [2.05, 4.69) is 42.5 Å². The molecule has 0 saturated heterocycles. The third kappa shape index (κ3) is 3.34. The molecule has 0 radical (unpaired) electrons. The first-order valence-corrected chi connectivity index (χ1v) is 7.45. The van der Waals surface area contributed by atoms with Crippen molar-refractivity contribution in [3.8, 4) is 0 Å². The quantitative estimate of drug-likeness (QED) is 0.728. The van der Waals surface area contributed by atoms with Gasteiger partial charge in [-0.3, -0.25) is 0 Å². The summed E-state index contributed by atoms with van der Waals surface area (Å²) in [5, 5.41) is 10.6. The maximum atomic E-state index is 4.13. The summed E-state index contributed by atoms with van der Waals surface area (Å²) in [7, 11) is 1.98. The molecule has 0 aromatic heterocycles. The molecule has 2 rings (SSSR count). The lowest BCUT2D eigenvalue weighted by Crippen LogP contribution is -2.43. The Morgan fingerprint density at radius 2 is 2.00 bits per heavy atom. The zero-order valence-corrected chi connectivity index (χ0v) is 12.5. The van der Waals surface area contributed by atoms with Crippen LogP contribution in [0.25, 0.3) is 0 Å². The molecule has 0 aromatic rings. The highest BCUT2D eigenvalue weighted by molar-refractivity contribution is 5.49. The topological polar surface area (TPSA) is 36.1 Å². The average molecular weight is 261 g/mol. The second kappa shape index (κ2) is 6.18. The van der Waals surface area contributed by atoms with Gasteiger partial charge in [0.1, 0.15) is 5.82 Å². The van der Waals surface area contributed by atoms with Crippen molar-refractivity contribution in [1.82, 2.24) is 16.0 Å². The molecule has 3 heteroatoms. The fourth-order valence-electron chi connectivity index (χ4n) is 3.03. The van der Waals surface area contributed by atoms with Crippen LogP contribution in [0.1, 0.15) is 46.0 Å². The molecule has 19 heavy (non-hydrogen) atoms. The number of likely N-dealkylation sites (N-methyl/N-ethyl adjacent to an activating group) is 1. The van der Waals surface area contributed by atoms with Gasteiger partial charge in [0.05, 0.1) is 0 Å². The summed E-state index contributed by atoms with van der Waals surface area (Å²) in [5.41, 5.74) is 3.47. The summed E-state index contributed by atoms with van der Waals surface area (Å²) in [6, 6.07) is 0.950.